The van der Waals surface area contributed by atoms with Crippen molar-refractivity contribution in [2.24, 2.45) is 0 Å². The lowest BCUT2D eigenvalue weighted by molar-refractivity contribution is 0.262. The van der Waals surface area contributed by atoms with Gasteiger partial charge in [0.25, 0.3) is 0 Å². The quantitative estimate of drug-likeness (QED) is 0.859. The van der Waals surface area contributed by atoms with Gasteiger partial charge in [-0.25, -0.2) is 4.79 Å². The van der Waals surface area contributed by atoms with Crippen molar-refractivity contribution in [2.75, 3.05) is 10.6 Å². The van der Waals surface area contributed by atoms with E-state index in [0.717, 1.165) is 11.1 Å². The van der Waals surface area contributed by atoms with Gasteiger partial charge in [-0.2, -0.15) is 5.26 Å². The van der Waals surface area contributed by atoms with Crippen LogP contribution in [0.4, 0.5) is 16.2 Å². The number of carbonyl (C=O) groups excluding carboxylic acids is 1. The molecule has 0 unspecified atom stereocenters. The van der Waals surface area contributed by atoms with Crippen molar-refractivity contribution in [1.29, 1.82) is 5.26 Å². The van der Waals surface area contributed by atoms with Crippen LogP contribution in [0.3, 0.4) is 0 Å². The molecule has 2 aromatic rings. The molecule has 21 heavy (non-hydrogen) atoms. The molecule has 0 saturated heterocycles. The molecular formula is C16H14ClN3O. The van der Waals surface area contributed by atoms with Crippen molar-refractivity contribution in [1.82, 2.24) is 0 Å². The highest BCUT2D eigenvalue weighted by Gasteiger charge is 2.09. The molecule has 2 rings (SSSR count). The number of amides is 2. The Morgan fingerprint density at radius 3 is 2.38 bits per heavy atom. The largest absolute Gasteiger partial charge is 0.323 e. The molecule has 0 radical (unpaired) electrons. The van der Waals surface area contributed by atoms with Crippen molar-refractivity contribution in [3.8, 4) is 6.07 Å². The summed E-state index contributed by atoms with van der Waals surface area (Å²) in [6.45, 7) is 3.83. The lowest BCUT2D eigenvalue weighted by Crippen LogP contribution is -2.20. The minimum absolute atomic E-state index is 0.381. The number of rotatable bonds is 2. The molecule has 0 aliphatic carbocycles. The summed E-state index contributed by atoms with van der Waals surface area (Å²) in [5.41, 5.74) is 3.67. The Kier molecular flexibility index (Phi) is 4.46. The van der Waals surface area contributed by atoms with Crippen LogP contribution in [-0.2, 0) is 0 Å². The highest BCUT2D eigenvalue weighted by atomic mass is 35.5. The number of anilines is 2. The molecule has 0 aromatic heterocycles. The summed E-state index contributed by atoms with van der Waals surface area (Å²) in [7, 11) is 0. The number of halogens is 1. The van der Waals surface area contributed by atoms with E-state index in [2.05, 4.69) is 10.6 Å². The van der Waals surface area contributed by atoms with Crippen LogP contribution in [0.1, 0.15) is 16.7 Å². The second-order valence-electron chi connectivity index (χ2n) is 4.71. The van der Waals surface area contributed by atoms with Gasteiger partial charge in [-0.3, -0.25) is 0 Å². The maximum Gasteiger partial charge on any atom is 0.323 e. The molecule has 5 heteroatoms. The number of nitrogens with one attached hydrogen (secondary N) is 2. The van der Waals surface area contributed by atoms with E-state index < -0.39 is 0 Å². The zero-order valence-corrected chi connectivity index (χ0v) is 12.5. The molecule has 2 aromatic carbocycles. The topological polar surface area (TPSA) is 64.9 Å². The van der Waals surface area contributed by atoms with Gasteiger partial charge in [0.15, 0.2) is 0 Å². The molecule has 0 fully saturated rings. The highest BCUT2D eigenvalue weighted by Crippen LogP contribution is 2.27. The van der Waals surface area contributed by atoms with Crippen LogP contribution in [0.15, 0.2) is 36.4 Å². The van der Waals surface area contributed by atoms with Crippen molar-refractivity contribution >= 4 is 29.0 Å². The Morgan fingerprint density at radius 2 is 1.81 bits per heavy atom. The zero-order chi connectivity index (χ0) is 15.4. The van der Waals surface area contributed by atoms with Gasteiger partial charge in [0, 0.05) is 5.69 Å². The van der Waals surface area contributed by atoms with Gasteiger partial charge in [-0.15, -0.1) is 0 Å². The van der Waals surface area contributed by atoms with Crippen LogP contribution in [0.2, 0.25) is 5.02 Å². The number of aryl methyl sites for hydroxylation is 2. The molecule has 0 aliphatic heterocycles. The van der Waals surface area contributed by atoms with Crippen LogP contribution in [0.25, 0.3) is 0 Å². The van der Waals surface area contributed by atoms with Crippen molar-refractivity contribution in [3.05, 3.63) is 58.1 Å². The Hall–Kier alpha value is -2.51. The third-order valence-corrected chi connectivity index (χ3v) is 3.24. The monoisotopic (exact) mass is 299 g/mol. The molecule has 0 atom stereocenters. The van der Waals surface area contributed by atoms with Gasteiger partial charge >= 0.3 is 6.03 Å². The third-order valence-electron chi connectivity index (χ3n) is 2.94. The van der Waals surface area contributed by atoms with Gasteiger partial charge in [0.2, 0.25) is 0 Å². The predicted molar refractivity (Wildman–Crippen MR) is 84.7 cm³/mol. The van der Waals surface area contributed by atoms with E-state index in [1.54, 1.807) is 30.3 Å². The zero-order valence-electron chi connectivity index (χ0n) is 11.7. The molecule has 2 N–H and O–H groups in total. The molecular weight excluding hydrogens is 286 g/mol. The first-order valence-corrected chi connectivity index (χ1v) is 6.72. The average Bonchev–Trinajstić information content (AvgIpc) is 2.43. The molecule has 4 nitrogen and oxygen atoms in total. The molecule has 2 amide bonds. The van der Waals surface area contributed by atoms with Gasteiger partial charge in [0.05, 0.1) is 22.3 Å². The number of urea groups is 1. The maximum absolute atomic E-state index is 12.0. The number of benzene rings is 2. The van der Waals surface area contributed by atoms with E-state index in [0.29, 0.717) is 22.0 Å². The first kappa shape index (κ1) is 14.9. The molecule has 0 spiro atoms. The van der Waals surface area contributed by atoms with Gasteiger partial charge < -0.3 is 10.6 Å². The lowest BCUT2D eigenvalue weighted by Gasteiger charge is -2.12. The number of hydrogen-bond donors (Lipinski definition) is 2. The summed E-state index contributed by atoms with van der Waals surface area (Å²) in [6, 6.07) is 12.0. The van der Waals surface area contributed by atoms with Crippen LogP contribution in [-0.4, -0.2) is 6.03 Å². The summed E-state index contributed by atoms with van der Waals surface area (Å²) in [4.78, 5) is 12.0. The maximum atomic E-state index is 12.0. The SMILES string of the molecule is Cc1cc(C)c(NC(=O)Nc2ccc(C#N)cc2)c(Cl)c1. The Balaban J connectivity index is 2.10. The minimum Gasteiger partial charge on any atom is -0.308 e. The average molecular weight is 300 g/mol. The first-order valence-electron chi connectivity index (χ1n) is 6.34. The van der Waals surface area contributed by atoms with Gasteiger partial charge in [-0.05, 0) is 55.3 Å². The van der Waals surface area contributed by atoms with E-state index in [1.807, 2.05) is 26.0 Å². The second kappa shape index (κ2) is 6.29. The summed E-state index contributed by atoms with van der Waals surface area (Å²) in [5.74, 6) is 0. The fraction of sp³-hybridized carbons (Fsp3) is 0.125. The van der Waals surface area contributed by atoms with E-state index in [-0.39, 0.29) is 6.03 Å². The van der Waals surface area contributed by atoms with Crippen molar-refractivity contribution in [3.63, 3.8) is 0 Å². The fourth-order valence-corrected chi connectivity index (χ4v) is 2.35. The summed E-state index contributed by atoms with van der Waals surface area (Å²) < 4.78 is 0. The van der Waals surface area contributed by atoms with Crippen LogP contribution < -0.4 is 10.6 Å². The van der Waals surface area contributed by atoms with Crippen molar-refractivity contribution in [2.45, 2.75) is 13.8 Å². The van der Waals surface area contributed by atoms with Crippen LogP contribution >= 0.6 is 11.6 Å². The molecule has 0 aliphatic rings. The Morgan fingerprint density at radius 1 is 1.14 bits per heavy atom. The van der Waals surface area contributed by atoms with E-state index in [1.165, 1.54) is 0 Å². The van der Waals surface area contributed by atoms with Crippen LogP contribution in [0, 0.1) is 25.2 Å². The van der Waals surface area contributed by atoms with E-state index in [4.69, 9.17) is 16.9 Å². The van der Waals surface area contributed by atoms with Gasteiger partial charge in [-0.1, -0.05) is 17.7 Å². The summed E-state index contributed by atoms with van der Waals surface area (Å²) >= 11 is 6.14. The minimum atomic E-state index is -0.381. The third kappa shape index (κ3) is 3.74. The van der Waals surface area contributed by atoms with E-state index >= 15 is 0 Å². The van der Waals surface area contributed by atoms with E-state index in [9.17, 15) is 4.79 Å². The highest BCUT2D eigenvalue weighted by molar-refractivity contribution is 6.34. The normalized spacial score (nSPS) is 9.81. The summed E-state index contributed by atoms with van der Waals surface area (Å²) in [5, 5.41) is 14.7. The molecule has 0 bridgehead atoms. The predicted octanol–water partition coefficient (Wildman–Crippen LogP) is 4.47. The number of hydrogen-bond acceptors (Lipinski definition) is 2. The standard InChI is InChI=1S/C16H14ClN3O/c1-10-7-11(2)15(14(17)8-10)20-16(21)19-13-5-3-12(9-18)4-6-13/h3-8H,1-2H3,(H2,19,20,21). The molecule has 106 valence electrons. The van der Waals surface area contributed by atoms with Gasteiger partial charge in [0.1, 0.15) is 0 Å². The smallest absolute Gasteiger partial charge is 0.308 e. The Labute approximate surface area is 128 Å². The first-order chi connectivity index (χ1) is 9.99. The fourth-order valence-electron chi connectivity index (χ4n) is 1.98. The molecule has 0 heterocycles. The number of nitrogens with zero attached hydrogens (tertiary/aromatic N) is 1. The lowest BCUT2D eigenvalue weighted by atomic mass is 10.1. The summed E-state index contributed by atoms with van der Waals surface area (Å²) in [6.07, 6.45) is 0. The second-order valence-corrected chi connectivity index (χ2v) is 5.11. The number of nitriles is 1. The van der Waals surface area contributed by atoms with Crippen molar-refractivity contribution < 1.29 is 4.79 Å². The molecule has 0 saturated carbocycles. The Bertz CT molecular complexity index is 694. The number of carbonyl (C=O) groups is 1. The van der Waals surface area contributed by atoms with Crippen LogP contribution in [0.5, 0.6) is 0 Å².